The van der Waals surface area contributed by atoms with Gasteiger partial charge in [0.2, 0.25) is 10.0 Å². The van der Waals surface area contributed by atoms with Crippen molar-refractivity contribution in [2.24, 2.45) is 5.73 Å². The first-order valence-electron chi connectivity index (χ1n) is 6.06. The van der Waals surface area contributed by atoms with Crippen molar-refractivity contribution in [2.75, 3.05) is 19.7 Å². The van der Waals surface area contributed by atoms with Gasteiger partial charge in [-0.25, -0.2) is 8.42 Å². The van der Waals surface area contributed by atoms with Crippen LogP contribution in [0.5, 0.6) is 0 Å². The summed E-state index contributed by atoms with van der Waals surface area (Å²) in [7, 11) is -3.63. The van der Waals surface area contributed by atoms with Gasteiger partial charge in [-0.15, -0.1) is 0 Å². The number of hydrogen-bond donors (Lipinski definition) is 2. The Balaban J connectivity index is 3.11. The maximum atomic E-state index is 12.4. The Bertz CT molecular complexity index is 520. The van der Waals surface area contributed by atoms with E-state index in [2.05, 4.69) is 0 Å². The van der Waals surface area contributed by atoms with E-state index >= 15 is 0 Å². The molecule has 0 heterocycles. The number of aliphatic hydroxyl groups is 1. The molecular weight excluding hydrogens is 288 g/mol. The average molecular weight is 307 g/mol. The van der Waals surface area contributed by atoms with E-state index in [0.29, 0.717) is 19.5 Å². The lowest BCUT2D eigenvalue weighted by molar-refractivity contribution is 0.271. The van der Waals surface area contributed by atoms with Crippen LogP contribution in [0.25, 0.3) is 0 Å². The number of hydrogen-bond acceptors (Lipinski definition) is 4. The van der Waals surface area contributed by atoms with Crippen LogP contribution in [0.15, 0.2) is 23.1 Å². The topological polar surface area (TPSA) is 83.6 Å². The standard InChI is InChI=1S/C12H19ClN2O3S/c1-2-15(6-3-7-16)19(17,18)12-5-4-10(9-14)8-11(12)13/h4-5,8,16H,2-3,6-7,9,14H2,1H3. The highest BCUT2D eigenvalue weighted by atomic mass is 35.5. The largest absolute Gasteiger partial charge is 0.396 e. The Labute approximate surface area is 119 Å². The van der Waals surface area contributed by atoms with Crippen LogP contribution in [0.3, 0.4) is 0 Å². The zero-order valence-corrected chi connectivity index (χ0v) is 12.4. The summed E-state index contributed by atoms with van der Waals surface area (Å²) in [5, 5.41) is 8.98. The maximum Gasteiger partial charge on any atom is 0.244 e. The number of nitrogens with zero attached hydrogens (tertiary/aromatic N) is 1. The fourth-order valence-corrected chi connectivity index (χ4v) is 3.74. The number of sulfonamides is 1. The molecule has 0 radical (unpaired) electrons. The van der Waals surface area contributed by atoms with Crippen LogP contribution < -0.4 is 5.73 Å². The molecule has 7 heteroatoms. The molecular formula is C12H19ClN2O3S. The summed E-state index contributed by atoms with van der Waals surface area (Å²) < 4.78 is 26.1. The average Bonchev–Trinajstić information content (AvgIpc) is 2.38. The molecule has 0 aromatic heterocycles. The van der Waals surface area contributed by atoms with Crippen LogP contribution in [-0.2, 0) is 16.6 Å². The summed E-state index contributed by atoms with van der Waals surface area (Å²) in [6, 6.07) is 4.69. The van der Waals surface area contributed by atoms with Crippen molar-refractivity contribution >= 4 is 21.6 Å². The number of halogens is 1. The number of nitrogens with two attached hydrogens (primary N) is 1. The molecule has 5 nitrogen and oxygen atoms in total. The molecule has 19 heavy (non-hydrogen) atoms. The third kappa shape index (κ3) is 3.90. The van der Waals surface area contributed by atoms with Gasteiger partial charge < -0.3 is 10.8 Å². The zero-order valence-electron chi connectivity index (χ0n) is 10.8. The molecule has 0 aliphatic carbocycles. The van der Waals surface area contributed by atoms with Crippen molar-refractivity contribution in [1.82, 2.24) is 4.31 Å². The van der Waals surface area contributed by atoms with Crippen LogP contribution in [0.4, 0.5) is 0 Å². The highest BCUT2D eigenvalue weighted by Crippen LogP contribution is 2.25. The highest BCUT2D eigenvalue weighted by Gasteiger charge is 2.25. The fourth-order valence-electron chi connectivity index (χ4n) is 1.71. The monoisotopic (exact) mass is 306 g/mol. The van der Waals surface area contributed by atoms with Crippen molar-refractivity contribution in [3.8, 4) is 0 Å². The lowest BCUT2D eigenvalue weighted by Crippen LogP contribution is -2.32. The normalized spacial score (nSPS) is 12.1. The van der Waals surface area contributed by atoms with E-state index < -0.39 is 10.0 Å². The zero-order chi connectivity index (χ0) is 14.5. The fraction of sp³-hybridized carbons (Fsp3) is 0.500. The molecule has 1 aromatic carbocycles. The van der Waals surface area contributed by atoms with Crippen molar-refractivity contribution in [1.29, 1.82) is 0 Å². The Kier molecular flexibility index (Phi) is 6.22. The molecule has 108 valence electrons. The molecule has 0 aliphatic rings. The highest BCUT2D eigenvalue weighted by molar-refractivity contribution is 7.89. The number of aliphatic hydroxyl groups excluding tert-OH is 1. The van der Waals surface area contributed by atoms with Gasteiger partial charge in [-0.3, -0.25) is 0 Å². The van der Waals surface area contributed by atoms with Crippen LogP contribution in [-0.4, -0.2) is 37.5 Å². The van der Waals surface area contributed by atoms with Gasteiger partial charge in [-0.05, 0) is 24.1 Å². The molecule has 0 fully saturated rings. The second kappa shape index (κ2) is 7.21. The van der Waals surface area contributed by atoms with Crippen molar-refractivity contribution in [2.45, 2.75) is 24.8 Å². The first-order chi connectivity index (χ1) is 8.97. The predicted octanol–water partition coefficient (Wildman–Crippen LogP) is 1.19. The number of benzene rings is 1. The van der Waals surface area contributed by atoms with Crippen molar-refractivity contribution in [3.05, 3.63) is 28.8 Å². The van der Waals surface area contributed by atoms with Gasteiger partial charge in [0.1, 0.15) is 4.90 Å². The minimum Gasteiger partial charge on any atom is -0.396 e. The van der Waals surface area contributed by atoms with Crippen molar-refractivity contribution in [3.63, 3.8) is 0 Å². The molecule has 0 saturated carbocycles. The lowest BCUT2D eigenvalue weighted by Gasteiger charge is -2.20. The Morgan fingerprint density at radius 1 is 1.42 bits per heavy atom. The predicted molar refractivity (Wildman–Crippen MR) is 75.5 cm³/mol. The van der Waals surface area contributed by atoms with Gasteiger partial charge in [0.25, 0.3) is 0 Å². The summed E-state index contributed by atoms with van der Waals surface area (Å²) in [5.41, 5.74) is 6.26. The lowest BCUT2D eigenvalue weighted by atomic mass is 10.2. The van der Waals surface area contributed by atoms with Gasteiger partial charge in [0.15, 0.2) is 0 Å². The second-order valence-electron chi connectivity index (χ2n) is 4.04. The van der Waals surface area contributed by atoms with E-state index in [1.807, 2.05) is 0 Å². The summed E-state index contributed by atoms with van der Waals surface area (Å²) in [4.78, 5) is 0.0751. The molecule has 0 aliphatic heterocycles. The van der Waals surface area contributed by atoms with E-state index in [4.69, 9.17) is 22.4 Å². The maximum absolute atomic E-state index is 12.4. The van der Waals surface area contributed by atoms with Gasteiger partial charge >= 0.3 is 0 Å². The Morgan fingerprint density at radius 3 is 2.58 bits per heavy atom. The molecule has 0 bridgehead atoms. The summed E-state index contributed by atoms with van der Waals surface area (Å²) in [6.07, 6.45) is 0.394. The van der Waals surface area contributed by atoms with Crippen LogP contribution >= 0.6 is 11.6 Å². The number of rotatable bonds is 7. The van der Waals surface area contributed by atoms with E-state index in [9.17, 15) is 8.42 Å². The minimum atomic E-state index is -3.63. The van der Waals surface area contributed by atoms with Gasteiger partial charge in [0.05, 0.1) is 5.02 Å². The molecule has 1 aromatic rings. The quantitative estimate of drug-likeness (QED) is 0.792. The van der Waals surface area contributed by atoms with Crippen LogP contribution in [0.1, 0.15) is 18.9 Å². The molecule has 3 N–H and O–H groups in total. The molecule has 1 rings (SSSR count). The van der Waals surface area contributed by atoms with Crippen LogP contribution in [0.2, 0.25) is 5.02 Å². The van der Waals surface area contributed by atoms with Crippen LogP contribution in [0, 0.1) is 0 Å². The van der Waals surface area contributed by atoms with Gasteiger partial charge in [-0.2, -0.15) is 4.31 Å². The summed E-state index contributed by atoms with van der Waals surface area (Å²) >= 11 is 6.02. The molecule has 0 spiro atoms. The first kappa shape index (κ1) is 16.4. The summed E-state index contributed by atoms with van der Waals surface area (Å²) in [5.74, 6) is 0. The summed E-state index contributed by atoms with van der Waals surface area (Å²) in [6.45, 7) is 2.60. The van der Waals surface area contributed by atoms with E-state index in [1.54, 1.807) is 19.1 Å². The molecule has 0 atom stereocenters. The third-order valence-corrected chi connectivity index (χ3v) is 5.23. The minimum absolute atomic E-state index is 0.0497. The second-order valence-corrected chi connectivity index (χ2v) is 6.36. The third-order valence-electron chi connectivity index (χ3n) is 2.77. The van der Waals surface area contributed by atoms with E-state index in [-0.39, 0.29) is 23.1 Å². The first-order valence-corrected chi connectivity index (χ1v) is 7.88. The molecule has 0 unspecified atom stereocenters. The van der Waals surface area contributed by atoms with Gasteiger partial charge in [0, 0.05) is 26.2 Å². The SMILES string of the molecule is CCN(CCCO)S(=O)(=O)c1ccc(CN)cc1Cl. The van der Waals surface area contributed by atoms with Crippen molar-refractivity contribution < 1.29 is 13.5 Å². The molecule has 0 amide bonds. The Hall–Kier alpha value is -0.660. The van der Waals surface area contributed by atoms with Gasteiger partial charge in [-0.1, -0.05) is 24.6 Å². The smallest absolute Gasteiger partial charge is 0.244 e. The Morgan fingerprint density at radius 2 is 2.11 bits per heavy atom. The van der Waals surface area contributed by atoms with E-state index in [1.165, 1.54) is 10.4 Å². The van der Waals surface area contributed by atoms with E-state index in [0.717, 1.165) is 5.56 Å². The molecule has 0 saturated heterocycles.